The van der Waals surface area contributed by atoms with Crippen LogP contribution in [-0.4, -0.2) is 33.0 Å². The molecule has 2 heterocycles. The van der Waals surface area contributed by atoms with Gasteiger partial charge in [-0.05, 0) is 30.9 Å². The Kier molecular flexibility index (Phi) is 4.19. The Balaban J connectivity index is 1.70. The molecule has 0 spiro atoms. The van der Waals surface area contributed by atoms with E-state index in [-0.39, 0.29) is 5.69 Å². The summed E-state index contributed by atoms with van der Waals surface area (Å²) in [7, 11) is 0. The topological polar surface area (TPSA) is 101 Å². The molecule has 0 bridgehead atoms. The van der Waals surface area contributed by atoms with Gasteiger partial charge >= 0.3 is 0 Å². The van der Waals surface area contributed by atoms with E-state index >= 15 is 0 Å². The van der Waals surface area contributed by atoms with Gasteiger partial charge in [-0.15, -0.1) is 5.10 Å². The number of anilines is 1. The van der Waals surface area contributed by atoms with Gasteiger partial charge in [0.15, 0.2) is 0 Å². The maximum atomic E-state index is 11.3. The molecule has 1 saturated heterocycles. The molecule has 1 aliphatic rings. The van der Waals surface area contributed by atoms with Crippen LogP contribution in [0.5, 0.6) is 0 Å². The van der Waals surface area contributed by atoms with E-state index < -0.39 is 4.92 Å². The first-order valence-corrected chi connectivity index (χ1v) is 7.45. The average Bonchev–Trinajstić information content (AvgIpc) is 3.08. The molecule has 118 valence electrons. The van der Waals surface area contributed by atoms with Gasteiger partial charge in [-0.3, -0.25) is 14.8 Å². The van der Waals surface area contributed by atoms with Crippen LogP contribution in [-0.2, 0) is 6.54 Å². The van der Waals surface area contributed by atoms with Gasteiger partial charge in [0.25, 0.3) is 5.69 Å². The van der Waals surface area contributed by atoms with Crippen molar-refractivity contribution in [1.29, 1.82) is 5.26 Å². The highest BCUT2D eigenvalue weighted by Gasteiger charge is 2.25. The summed E-state index contributed by atoms with van der Waals surface area (Å²) in [5.74, 6) is 0.491. The first-order valence-electron chi connectivity index (χ1n) is 7.45. The van der Waals surface area contributed by atoms with Crippen molar-refractivity contribution in [2.24, 2.45) is 5.92 Å². The number of benzene rings is 1. The van der Waals surface area contributed by atoms with Crippen LogP contribution in [0.15, 0.2) is 30.6 Å². The van der Waals surface area contributed by atoms with Crippen molar-refractivity contribution in [2.75, 3.05) is 18.0 Å². The average molecular weight is 312 g/mol. The van der Waals surface area contributed by atoms with E-state index in [1.165, 1.54) is 6.07 Å². The fourth-order valence-corrected chi connectivity index (χ4v) is 2.96. The van der Waals surface area contributed by atoms with E-state index in [2.05, 4.69) is 10.3 Å². The molecule has 0 radical (unpaired) electrons. The summed E-state index contributed by atoms with van der Waals surface area (Å²) in [4.78, 5) is 12.9. The molecule has 0 unspecified atom stereocenters. The Hall–Kier alpha value is -2.95. The largest absolute Gasteiger partial charge is 0.366 e. The molecular formula is C15H16N6O2. The maximum absolute atomic E-state index is 11.3. The third-order valence-electron chi connectivity index (χ3n) is 4.17. The Morgan fingerprint density at radius 2 is 2.17 bits per heavy atom. The zero-order valence-electron chi connectivity index (χ0n) is 12.5. The molecular weight excluding hydrogens is 296 g/mol. The van der Waals surface area contributed by atoms with Gasteiger partial charge in [-0.2, -0.15) is 5.26 Å². The summed E-state index contributed by atoms with van der Waals surface area (Å²) in [6.45, 7) is 2.33. The molecule has 8 nitrogen and oxygen atoms in total. The van der Waals surface area contributed by atoms with Crippen LogP contribution < -0.4 is 4.90 Å². The van der Waals surface area contributed by atoms with Crippen LogP contribution in [0.1, 0.15) is 18.4 Å². The summed E-state index contributed by atoms with van der Waals surface area (Å²) in [5.41, 5.74) is 0.897. The van der Waals surface area contributed by atoms with Crippen molar-refractivity contribution < 1.29 is 4.92 Å². The number of aromatic nitrogens is 3. The van der Waals surface area contributed by atoms with Gasteiger partial charge in [-0.1, -0.05) is 5.21 Å². The van der Waals surface area contributed by atoms with Crippen LogP contribution in [0.25, 0.3) is 0 Å². The Labute approximate surface area is 133 Å². The third-order valence-corrected chi connectivity index (χ3v) is 4.17. The molecule has 23 heavy (non-hydrogen) atoms. The van der Waals surface area contributed by atoms with E-state index in [4.69, 9.17) is 5.26 Å². The van der Waals surface area contributed by atoms with Crippen molar-refractivity contribution in [2.45, 2.75) is 19.4 Å². The SMILES string of the molecule is N#Cc1ccc(N2CCC(Cn3ccnn3)CC2)c([N+](=O)[O-])c1. The molecule has 0 saturated carbocycles. The zero-order chi connectivity index (χ0) is 16.2. The van der Waals surface area contributed by atoms with Crippen LogP contribution in [0.4, 0.5) is 11.4 Å². The summed E-state index contributed by atoms with van der Waals surface area (Å²) in [6, 6.07) is 6.59. The number of piperidine rings is 1. The van der Waals surface area contributed by atoms with Gasteiger partial charge < -0.3 is 4.90 Å². The predicted octanol–water partition coefficient (Wildman–Crippen LogP) is 1.97. The predicted molar refractivity (Wildman–Crippen MR) is 82.8 cm³/mol. The summed E-state index contributed by atoms with van der Waals surface area (Å²) < 4.78 is 1.82. The Morgan fingerprint density at radius 1 is 1.39 bits per heavy atom. The van der Waals surface area contributed by atoms with Crippen molar-refractivity contribution in [1.82, 2.24) is 15.0 Å². The van der Waals surface area contributed by atoms with Crippen molar-refractivity contribution in [3.05, 3.63) is 46.3 Å². The van der Waals surface area contributed by atoms with Gasteiger partial charge in [0.1, 0.15) is 5.69 Å². The first kappa shape index (κ1) is 15.0. The minimum absolute atomic E-state index is 0.00113. The number of nitriles is 1. The molecule has 1 aliphatic heterocycles. The lowest BCUT2D eigenvalue weighted by atomic mass is 9.96. The molecule has 1 fully saturated rings. The number of nitro benzene ring substituents is 1. The second kappa shape index (κ2) is 6.44. The molecule has 1 aromatic heterocycles. The standard InChI is InChI=1S/C15H16N6O2/c16-10-13-1-2-14(15(9-13)21(22)23)19-6-3-12(4-7-19)11-20-8-5-17-18-20/h1-2,5,8-9,12H,3-4,6-7,11H2. The molecule has 0 amide bonds. The molecule has 8 heteroatoms. The summed E-state index contributed by atoms with van der Waals surface area (Å²) >= 11 is 0. The molecule has 0 N–H and O–H groups in total. The Bertz CT molecular complexity index is 729. The van der Waals surface area contributed by atoms with Crippen molar-refractivity contribution in [3.63, 3.8) is 0 Å². The highest BCUT2D eigenvalue weighted by atomic mass is 16.6. The minimum atomic E-state index is -0.419. The first-order chi connectivity index (χ1) is 11.2. The smallest absolute Gasteiger partial charge is 0.293 e. The monoisotopic (exact) mass is 312 g/mol. The lowest BCUT2D eigenvalue weighted by Crippen LogP contribution is -2.35. The fraction of sp³-hybridized carbons (Fsp3) is 0.400. The number of nitro groups is 1. The molecule has 0 aliphatic carbocycles. The summed E-state index contributed by atoms with van der Waals surface area (Å²) in [6.07, 6.45) is 5.39. The lowest BCUT2D eigenvalue weighted by Gasteiger charge is -2.33. The molecule has 1 aromatic carbocycles. The lowest BCUT2D eigenvalue weighted by molar-refractivity contribution is -0.384. The van der Waals surface area contributed by atoms with Gasteiger partial charge in [0.2, 0.25) is 0 Å². The van der Waals surface area contributed by atoms with E-state index in [0.717, 1.165) is 32.5 Å². The number of hydrogen-bond donors (Lipinski definition) is 0. The highest BCUT2D eigenvalue weighted by molar-refractivity contribution is 5.65. The van der Waals surface area contributed by atoms with E-state index in [0.29, 0.717) is 17.2 Å². The zero-order valence-corrected chi connectivity index (χ0v) is 12.5. The highest BCUT2D eigenvalue weighted by Crippen LogP contribution is 2.32. The Morgan fingerprint density at radius 3 is 2.78 bits per heavy atom. The molecule has 2 aromatic rings. The molecule has 0 atom stereocenters. The van der Waals surface area contributed by atoms with Crippen molar-refractivity contribution >= 4 is 11.4 Å². The fourth-order valence-electron chi connectivity index (χ4n) is 2.96. The van der Waals surface area contributed by atoms with Crippen LogP contribution in [0.2, 0.25) is 0 Å². The van der Waals surface area contributed by atoms with Gasteiger partial charge in [0.05, 0.1) is 22.8 Å². The van der Waals surface area contributed by atoms with E-state index in [1.54, 1.807) is 18.3 Å². The second-order valence-corrected chi connectivity index (χ2v) is 5.63. The van der Waals surface area contributed by atoms with Gasteiger partial charge in [0, 0.05) is 31.9 Å². The normalized spacial score (nSPS) is 15.3. The quantitative estimate of drug-likeness (QED) is 0.632. The summed E-state index contributed by atoms with van der Waals surface area (Å²) in [5, 5.41) is 27.9. The van der Waals surface area contributed by atoms with Gasteiger partial charge in [-0.25, -0.2) is 0 Å². The number of nitrogens with zero attached hydrogens (tertiary/aromatic N) is 6. The number of hydrogen-bond acceptors (Lipinski definition) is 6. The maximum Gasteiger partial charge on any atom is 0.293 e. The van der Waals surface area contributed by atoms with Crippen molar-refractivity contribution in [3.8, 4) is 6.07 Å². The van der Waals surface area contributed by atoms with Crippen LogP contribution in [0, 0.1) is 27.4 Å². The third kappa shape index (κ3) is 3.29. The van der Waals surface area contributed by atoms with Crippen LogP contribution >= 0.6 is 0 Å². The minimum Gasteiger partial charge on any atom is -0.366 e. The van der Waals surface area contributed by atoms with Crippen LogP contribution in [0.3, 0.4) is 0 Å². The number of rotatable bonds is 4. The molecule has 3 rings (SSSR count). The second-order valence-electron chi connectivity index (χ2n) is 5.63. The van der Waals surface area contributed by atoms with E-state index in [9.17, 15) is 10.1 Å². The van der Waals surface area contributed by atoms with E-state index in [1.807, 2.05) is 21.8 Å².